The molecular weight excluding hydrogens is 240 g/mol. The topological polar surface area (TPSA) is 44.1 Å². The number of para-hydroxylation sites is 1. The number of hydrogen-bond donors (Lipinski definition) is 0. The van der Waals surface area contributed by atoms with E-state index in [9.17, 15) is 4.79 Å². The quantitative estimate of drug-likeness (QED) is 0.829. The van der Waals surface area contributed by atoms with Crippen molar-refractivity contribution in [2.45, 2.75) is 32.3 Å². The summed E-state index contributed by atoms with van der Waals surface area (Å²) < 4.78 is 7.11. The molecule has 0 saturated carbocycles. The van der Waals surface area contributed by atoms with Gasteiger partial charge in [0.15, 0.2) is 0 Å². The summed E-state index contributed by atoms with van der Waals surface area (Å²) in [5.41, 5.74) is 1.48. The van der Waals surface area contributed by atoms with Gasteiger partial charge in [0.2, 0.25) is 0 Å². The minimum Gasteiger partial charge on any atom is -0.378 e. The van der Waals surface area contributed by atoms with Crippen LogP contribution in [0.15, 0.2) is 24.3 Å². The first-order valence-electron chi connectivity index (χ1n) is 6.40. The van der Waals surface area contributed by atoms with Gasteiger partial charge in [0.05, 0.1) is 23.2 Å². The van der Waals surface area contributed by atoms with E-state index in [1.807, 2.05) is 49.8 Å². The summed E-state index contributed by atoms with van der Waals surface area (Å²) in [6.07, 6.45) is 0.753. The zero-order valence-electron chi connectivity index (χ0n) is 11.9. The number of methoxy groups -OCH3 is 1. The maximum absolute atomic E-state index is 12.1. The number of Topliss-reactive ketones (excluding diaryl/α,β-unsaturated/α-hetero) is 1. The molecular formula is C15H20N2O2. The van der Waals surface area contributed by atoms with Crippen molar-refractivity contribution in [2.24, 2.45) is 7.05 Å². The van der Waals surface area contributed by atoms with Crippen molar-refractivity contribution < 1.29 is 9.53 Å². The third-order valence-corrected chi connectivity index (χ3v) is 3.37. The molecule has 0 amide bonds. The molecule has 1 aromatic carbocycles. The molecule has 0 atom stereocenters. The SMILES string of the molecule is COC(C)(C)CC(=O)Cc1nn(C)c2ccccc12. The lowest BCUT2D eigenvalue weighted by Crippen LogP contribution is -2.27. The van der Waals surface area contributed by atoms with Gasteiger partial charge >= 0.3 is 0 Å². The van der Waals surface area contributed by atoms with E-state index in [4.69, 9.17) is 4.74 Å². The summed E-state index contributed by atoms with van der Waals surface area (Å²) in [4.78, 5) is 12.1. The molecule has 102 valence electrons. The van der Waals surface area contributed by atoms with Crippen LogP contribution < -0.4 is 0 Å². The Hall–Kier alpha value is -1.68. The molecule has 2 aromatic rings. The molecule has 0 radical (unpaired) electrons. The Bertz CT molecular complexity index is 599. The van der Waals surface area contributed by atoms with Gasteiger partial charge in [-0.2, -0.15) is 5.10 Å². The molecule has 0 N–H and O–H groups in total. The lowest BCUT2D eigenvalue weighted by atomic mass is 9.98. The lowest BCUT2D eigenvalue weighted by Gasteiger charge is -2.21. The number of aromatic nitrogens is 2. The Kier molecular flexibility index (Phi) is 3.71. The molecule has 4 nitrogen and oxygen atoms in total. The van der Waals surface area contributed by atoms with E-state index in [0.717, 1.165) is 16.6 Å². The molecule has 0 saturated heterocycles. The fourth-order valence-corrected chi connectivity index (χ4v) is 2.22. The fraction of sp³-hybridized carbons (Fsp3) is 0.467. The molecule has 0 fully saturated rings. The number of rotatable bonds is 5. The Morgan fingerprint density at radius 3 is 2.74 bits per heavy atom. The van der Waals surface area contributed by atoms with Gasteiger partial charge in [-0.3, -0.25) is 9.48 Å². The average Bonchev–Trinajstić information content (AvgIpc) is 2.66. The summed E-state index contributed by atoms with van der Waals surface area (Å²) in [6.45, 7) is 3.84. The minimum atomic E-state index is -0.415. The van der Waals surface area contributed by atoms with Gasteiger partial charge in [-0.25, -0.2) is 0 Å². The second-order valence-corrected chi connectivity index (χ2v) is 5.44. The smallest absolute Gasteiger partial charge is 0.141 e. The van der Waals surface area contributed by atoms with E-state index >= 15 is 0 Å². The Morgan fingerprint density at radius 2 is 2.05 bits per heavy atom. The molecule has 0 aliphatic carbocycles. The molecule has 4 heteroatoms. The molecule has 1 aromatic heterocycles. The van der Waals surface area contributed by atoms with Crippen molar-refractivity contribution in [3.8, 4) is 0 Å². The van der Waals surface area contributed by atoms with Crippen LogP contribution in [0.1, 0.15) is 26.0 Å². The van der Waals surface area contributed by atoms with Crippen molar-refractivity contribution >= 4 is 16.7 Å². The highest BCUT2D eigenvalue weighted by Gasteiger charge is 2.22. The number of hydrogen-bond acceptors (Lipinski definition) is 3. The highest BCUT2D eigenvalue weighted by molar-refractivity contribution is 5.88. The first-order valence-corrected chi connectivity index (χ1v) is 6.40. The largest absolute Gasteiger partial charge is 0.378 e. The molecule has 0 aliphatic rings. The van der Waals surface area contributed by atoms with Gasteiger partial charge in [-0.15, -0.1) is 0 Å². The first kappa shape index (κ1) is 13.7. The zero-order chi connectivity index (χ0) is 14.0. The van der Waals surface area contributed by atoms with E-state index in [-0.39, 0.29) is 5.78 Å². The maximum Gasteiger partial charge on any atom is 0.141 e. The fourth-order valence-electron chi connectivity index (χ4n) is 2.22. The van der Waals surface area contributed by atoms with Crippen molar-refractivity contribution in [3.05, 3.63) is 30.0 Å². The van der Waals surface area contributed by atoms with Crippen LogP contribution in [0.25, 0.3) is 10.9 Å². The monoisotopic (exact) mass is 260 g/mol. The van der Waals surface area contributed by atoms with Gasteiger partial charge < -0.3 is 4.74 Å². The second-order valence-electron chi connectivity index (χ2n) is 5.44. The van der Waals surface area contributed by atoms with E-state index in [1.165, 1.54) is 0 Å². The van der Waals surface area contributed by atoms with Crippen LogP contribution in [-0.2, 0) is 23.0 Å². The molecule has 0 aliphatic heterocycles. The minimum absolute atomic E-state index is 0.149. The van der Waals surface area contributed by atoms with Crippen LogP contribution in [0.5, 0.6) is 0 Å². The van der Waals surface area contributed by atoms with Gasteiger partial charge in [0, 0.05) is 26.0 Å². The van der Waals surface area contributed by atoms with E-state index < -0.39 is 5.60 Å². The van der Waals surface area contributed by atoms with E-state index in [0.29, 0.717) is 12.8 Å². The van der Waals surface area contributed by atoms with Crippen LogP contribution in [0.2, 0.25) is 0 Å². The normalized spacial score (nSPS) is 12.0. The third kappa shape index (κ3) is 3.01. The third-order valence-electron chi connectivity index (χ3n) is 3.37. The van der Waals surface area contributed by atoms with Crippen LogP contribution in [0, 0.1) is 0 Å². The second kappa shape index (κ2) is 5.13. The number of benzene rings is 1. The Labute approximate surface area is 113 Å². The van der Waals surface area contributed by atoms with Gasteiger partial charge in [0.1, 0.15) is 5.78 Å². The maximum atomic E-state index is 12.1. The van der Waals surface area contributed by atoms with E-state index in [2.05, 4.69) is 5.10 Å². The number of carbonyl (C=O) groups excluding carboxylic acids is 1. The van der Waals surface area contributed by atoms with Gasteiger partial charge in [0.25, 0.3) is 0 Å². The molecule has 0 bridgehead atoms. The number of nitrogens with zero attached hydrogens (tertiary/aromatic N) is 2. The first-order chi connectivity index (χ1) is 8.93. The highest BCUT2D eigenvalue weighted by Crippen LogP contribution is 2.20. The van der Waals surface area contributed by atoms with Crippen LogP contribution >= 0.6 is 0 Å². The summed E-state index contributed by atoms with van der Waals surface area (Å²) in [7, 11) is 3.53. The highest BCUT2D eigenvalue weighted by atomic mass is 16.5. The average molecular weight is 260 g/mol. The summed E-state index contributed by atoms with van der Waals surface area (Å²) in [5, 5.41) is 5.49. The molecule has 2 rings (SSSR count). The number of aryl methyl sites for hydroxylation is 1. The summed E-state index contributed by atoms with van der Waals surface area (Å²) >= 11 is 0. The molecule has 19 heavy (non-hydrogen) atoms. The van der Waals surface area contributed by atoms with Crippen LogP contribution in [0.4, 0.5) is 0 Å². The van der Waals surface area contributed by atoms with Crippen LogP contribution in [0.3, 0.4) is 0 Å². The zero-order valence-corrected chi connectivity index (χ0v) is 11.9. The standard InChI is InChI=1S/C15H20N2O2/c1-15(2,19-4)10-11(18)9-13-12-7-5-6-8-14(12)17(3)16-13/h5-8H,9-10H2,1-4H3. The van der Waals surface area contributed by atoms with Crippen molar-refractivity contribution in [2.75, 3.05) is 7.11 Å². The Morgan fingerprint density at radius 1 is 1.37 bits per heavy atom. The molecule has 0 unspecified atom stereocenters. The van der Waals surface area contributed by atoms with Crippen LogP contribution in [-0.4, -0.2) is 28.3 Å². The van der Waals surface area contributed by atoms with Gasteiger partial charge in [-0.1, -0.05) is 18.2 Å². The predicted molar refractivity (Wildman–Crippen MR) is 75.1 cm³/mol. The van der Waals surface area contributed by atoms with E-state index in [1.54, 1.807) is 7.11 Å². The number of ketones is 1. The number of fused-ring (bicyclic) bond motifs is 1. The Balaban J connectivity index is 2.20. The molecule has 1 heterocycles. The molecule has 0 spiro atoms. The lowest BCUT2D eigenvalue weighted by molar-refractivity contribution is -0.123. The van der Waals surface area contributed by atoms with Crippen molar-refractivity contribution in [3.63, 3.8) is 0 Å². The van der Waals surface area contributed by atoms with Gasteiger partial charge in [-0.05, 0) is 19.9 Å². The van der Waals surface area contributed by atoms with Crippen molar-refractivity contribution in [1.29, 1.82) is 0 Å². The summed E-state index contributed by atoms with van der Waals surface area (Å²) in [5.74, 6) is 0.149. The van der Waals surface area contributed by atoms with Crippen molar-refractivity contribution in [1.82, 2.24) is 9.78 Å². The summed E-state index contributed by atoms with van der Waals surface area (Å²) in [6, 6.07) is 7.96. The predicted octanol–water partition coefficient (Wildman–Crippen LogP) is 2.50. The number of carbonyl (C=O) groups is 1. The number of ether oxygens (including phenoxy) is 1.